The number of hydrogen-bond acceptors (Lipinski definition) is 13. The molecule has 220 valence electrons. The zero-order valence-corrected chi connectivity index (χ0v) is 23.2. The van der Waals surface area contributed by atoms with E-state index >= 15 is 0 Å². The van der Waals surface area contributed by atoms with Crippen LogP contribution >= 0.6 is 7.75 Å². The van der Waals surface area contributed by atoms with Gasteiger partial charge in [-0.3, -0.25) is 9.32 Å². The first-order chi connectivity index (χ1) is 19.6. The number of benzene rings is 1. The van der Waals surface area contributed by atoms with Gasteiger partial charge in [0.1, 0.15) is 54.6 Å². The number of nitrogens with one attached hydrogen (secondary N) is 1. The zero-order valence-electron chi connectivity index (χ0n) is 22.3. The van der Waals surface area contributed by atoms with Gasteiger partial charge in [-0.25, -0.2) is 14.1 Å². The summed E-state index contributed by atoms with van der Waals surface area (Å²) in [6.07, 6.45) is -2.97. The van der Waals surface area contributed by atoms with Gasteiger partial charge in [0.05, 0.1) is 12.3 Å². The van der Waals surface area contributed by atoms with Crippen molar-refractivity contribution >= 4 is 25.1 Å². The highest BCUT2D eigenvalue weighted by Crippen LogP contribution is 2.48. The van der Waals surface area contributed by atoms with Crippen LogP contribution in [0.4, 0.5) is 5.82 Å². The van der Waals surface area contributed by atoms with Gasteiger partial charge in [-0.15, -0.1) is 0 Å². The molecule has 3 heterocycles. The van der Waals surface area contributed by atoms with Gasteiger partial charge in [-0.2, -0.15) is 15.4 Å². The molecule has 0 amide bonds. The minimum atomic E-state index is -4.42. The topological polar surface area (TPSA) is 213 Å². The summed E-state index contributed by atoms with van der Waals surface area (Å²) in [5, 5.41) is 38.5. The number of carbonyl (C=O) groups is 1. The van der Waals surface area contributed by atoms with Crippen molar-refractivity contribution in [3.8, 4) is 11.8 Å². The molecule has 16 heteroatoms. The second-order valence-corrected chi connectivity index (χ2v) is 10.9. The van der Waals surface area contributed by atoms with Gasteiger partial charge in [-0.05, 0) is 31.2 Å². The van der Waals surface area contributed by atoms with Crippen molar-refractivity contribution in [3.63, 3.8) is 0 Å². The summed E-state index contributed by atoms with van der Waals surface area (Å²) in [6.45, 7) is 1.05. The van der Waals surface area contributed by atoms with Crippen LogP contribution in [0.15, 0.2) is 48.8 Å². The average Bonchev–Trinajstić information content (AvgIpc) is 3.50. The van der Waals surface area contributed by atoms with Crippen LogP contribution in [0.1, 0.15) is 25.1 Å². The van der Waals surface area contributed by atoms with Crippen molar-refractivity contribution in [1.82, 2.24) is 19.7 Å². The molecule has 6 atom stereocenters. The third-order valence-electron chi connectivity index (χ3n) is 6.30. The summed E-state index contributed by atoms with van der Waals surface area (Å²) >= 11 is 0. The number of aliphatic hydroxyl groups excluding tert-OH is 2. The van der Waals surface area contributed by atoms with Gasteiger partial charge in [-0.1, -0.05) is 18.2 Å². The number of rotatable bonds is 13. The minimum Gasteiger partial charge on any atom is -0.464 e. The SMILES string of the molecule is COCCCOC(=O)[C@H](C)N[P@](=O)(OC[C@@]1(C#N)O[C@@H](c2ccc3c(N)ncnn23)[C@H](O)[C@@H]1O)Oc1ccccc1. The summed E-state index contributed by atoms with van der Waals surface area (Å²) in [5.74, 6) is -0.422. The molecule has 41 heavy (non-hydrogen) atoms. The third-order valence-corrected chi connectivity index (χ3v) is 7.92. The van der Waals surface area contributed by atoms with Crippen LogP contribution in [-0.4, -0.2) is 81.6 Å². The second-order valence-electron chi connectivity index (χ2n) is 9.22. The lowest BCUT2D eigenvalue weighted by Crippen LogP contribution is -2.46. The van der Waals surface area contributed by atoms with Crippen molar-refractivity contribution in [2.75, 3.05) is 32.7 Å². The van der Waals surface area contributed by atoms with Crippen LogP contribution in [0.3, 0.4) is 0 Å². The summed E-state index contributed by atoms with van der Waals surface area (Å²) in [4.78, 5) is 16.4. The maximum absolute atomic E-state index is 13.9. The van der Waals surface area contributed by atoms with E-state index in [1.54, 1.807) is 30.3 Å². The maximum Gasteiger partial charge on any atom is 0.459 e. The Balaban J connectivity index is 1.54. The lowest BCUT2D eigenvalue weighted by molar-refractivity contribution is -0.145. The fraction of sp³-hybridized carbons (Fsp3) is 0.440. The molecule has 0 aliphatic carbocycles. The number of hydrogen-bond donors (Lipinski definition) is 4. The van der Waals surface area contributed by atoms with E-state index in [1.807, 2.05) is 6.07 Å². The van der Waals surface area contributed by atoms with E-state index in [1.165, 1.54) is 37.0 Å². The van der Waals surface area contributed by atoms with E-state index in [0.717, 1.165) is 0 Å². The predicted molar refractivity (Wildman–Crippen MR) is 142 cm³/mol. The average molecular weight is 591 g/mol. The number of aromatic nitrogens is 3. The van der Waals surface area contributed by atoms with Crippen LogP contribution in [0.2, 0.25) is 0 Å². The number of nitriles is 1. The molecule has 0 spiro atoms. The number of methoxy groups -OCH3 is 1. The Morgan fingerprint density at radius 1 is 1.29 bits per heavy atom. The first kappa shape index (κ1) is 30.4. The fourth-order valence-corrected chi connectivity index (χ4v) is 5.68. The smallest absolute Gasteiger partial charge is 0.459 e. The number of para-hydroxylation sites is 1. The highest BCUT2D eigenvalue weighted by molar-refractivity contribution is 7.52. The number of nitrogen functional groups attached to an aromatic ring is 1. The first-order valence-corrected chi connectivity index (χ1v) is 14.1. The summed E-state index contributed by atoms with van der Waals surface area (Å²) in [7, 11) is -2.90. The molecule has 15 nitrogen and oxygen atoms in total. The van der Waals surface area contributed by atoms with E-state index in [0.29, 0.717) is 18.5 Å². The number of nitrogens with two attached hydrogens (primary N) is 1. The lowest BCUT2D eigenvalue weighted by Gasteiger charge is -2.28. The van der Waals surface area contributed by atoms with Crippen LogP contribution in [0, 0.1) is 11.3 Å². The molecule has 0 unspecified atom stereocenters. The van der Waals surface area contributed by atoms with Gasteiger partial charge < -0.3 is 34.7 Å². The van der Waals surface area contributed by atoms with Crippen molar-refractivity contribution < 1.29 is 42.8 Å². The van der Waals surface area contributed by atoms with Gasteiger partial charge in [0, 0.05) is 20.1 Å². The van der Waals surface area contributed by atoms with E-state index in [-0.39, 0.29) is 23.9 Å². The Labute approximate surface area is 235 Å². The van der Waals surface area contributed by atoms with Crippen molar-refractivity contribution in [2.24, 2.45) is 0 Å². The quantitative estimate of drug-likeness (QED) is 0.125. The van der Waals surface area contributed by atoms with Gasteiger partial charge >= 0.3 is 13.7 Å². The van der Waals surface area contributed by atoms with Crippen LogP contribution in [-0.2, 0) is 28.1 Å². The van der Waals surface area contributed by atoms with Crippen LogP contribution < -0.4 is 15.3 Å². The Bertz CT molecular complexity index is 1430. The molecule has 0 saturated carbocycles. The highest BCUT2D eigenvalue weighted by Gasteiger charge is 2.57. The molecule has 0 bridgehead atoms. The number of ether oxygens (including phenoxy) is 3. The number of carbonyl (C=O) groups excluding carboxylic acids is 1. The monoisotopic (exact) mass is 590 g/mol. The fourth-order valence-electron chi connectivity index (χ4n) is 4.16. The minimum absolute atomic E-state index is 0.0746. The normalized spacial score (nSPS) is 24.4. The van der Waals surface area contributed by atoms with Crippen molar-refractivity contribution in [2.45, 2.75) is 43.3 Å². The molecule has 3 aromatic rings. The van der Waals surface area contributed by atoms with E-state index in [9.17, 15) is 24.8 Å². The molecule has 1 fully saturated rings. The number of nitrogens with zero attached hydrogens (tertiary/aromatic N) is 4. The second kappa shape index (κ2) is 12.9. The first-order valence-electron chi connectivity index (χ1n) is 12.6. The Kier molecular flexibility index (Phi) is 9.57. The molecule has 4 rings (SSSR count). The number of anilines is 1. The summed E-state index contributed by atoms with van der Waals surface area (Å²) < 4.78 is 42.4. The molecule has 0 radical (unpaired) electrons. The predicted octanol–water partition coefficient (Wildman–Crippen LogP) is 1.13. The number of esters is 1. The molecule has 1 saturated heterocycles. The Hall–Kier alpha value is -3.61. The lowest BCUT2D eigenvalue weighted by atomic mass is 9.96. The standard InChI is InChI=1S/C25H31N6O9P/c1-16(24(34)37-12-6-11-36-2)30-41(35,40-17-7-4-3-5-8-17)38-14-25(13-26)22(33)20(32)21(39-25)18-9-10-19-23(27)28-15-29-31(18)19/h3-5,7-10,15-16,20-22,32-33H,6,11-12,14H2,1-2H3,(H,30,35)(H2,27,28,29)/t16-,20-,21-,22-,25+,41-/m0/s1. The van der Waals surface area contributed by atoms with Crippen molar-refractivity contribution in [3.05, 3.63) is 54.5 Å². The van der Waals surface area contributed by atoms with Gasteiger partial charge in [0.25, 0.3) is 0 Å². The van der Waals surface area contributed by atoms with Gasteiger partial charge in [0.15, 0.2) is 5.82 Å². The van der Waals surface area contributed by atoms with Crippen molar-refractivity contribution in [1.29, 1.82) is 5.26 Å². The third kappa shape index (κ3) is 6.66. The van der Waals surface area contributed by atoms with Crippen LogP contribution in [0.5, 0.6) is 5.75 Å². The van der Waals surface area contributed by atoms with Gasteiger partial charge in [0.2, 0.25) is 5.60 Å². The molecular formula is C25H31N6O9P. The summed E-state index contributed by atoms with van der Waals surface area (Å²) in [6, 6.07) is 11.8. The molecule has 2 aromatic heterocycles. The highest BCUT2D eigenvalue weighted by atomic mass is 31.2. The van der Waals surface area contributed by atoms with E-state index < -0.39 is 50.3 Å². The maximum atomic E-state index is 13.9. The summed E-state index contributed by atoms with van der Waals surface area (Å²) in [5.41, 5.74) is 4.40. The Morgan fingerprint density at radius 3 is 2.76 bits per heavy atom. The Morgan fingerprint density at radius 2 is 2.05 bits per heavy atom. The number of aliphatic hydroxyl groups is 2. The number of fused-ring (bicyclic) bond motifs is 1. The molecule has 1 aliphatic rings. The molecular weight excluding hydrogens is 559 g/mol. The molecule has 1 aliphatic heterocycles. The van der Waals surface area contributed by atoms with E-state index in [2.05, 4.69) is 15.2 Å². The zero-order chi connectivity index (χ0) is 29.6. The van der Waals surface area contributed by atoms with E-state index in [4.69, 9.17) is 29.0 Å². The van der Waals surface area contributed by atoms with Crippen LogP contribution in [0.25, 0.3) is 5.52 Å². The molecule has 5 N–H and O–H groups in total. The largest absolute Gasteiger partial charge is 0.464 e. The molecule has 1 aromatic carbocycles.